The van der Waals surface area contributed by atoms with Crippen LogP contribution >= 0.6 is 0 Å². The van der Waals surface area contributed by atoms with Gasteiger partial charge in [0, 0.05) is 41.8 Å². The number of aryl methyl sites for hydroxylation is 2. The highest BCUT2D eigenvalue weighted by Gasteiger charge is 2.37. The Morgan fingerprint density at radius 3 is 2.43 bits per heavy atom. The largest absolute Gasteiger partial charge is 0.482 e. The van der Waals surface area contributed by atoms with Crippen molar-refractivity contribution in [2.75, 3.05) is 6.61 Å². The van der Waals surface area contributed by atoms with Gasteiger partial charge in [-0.2, -0.15) is 4.39 Å². The number of ketones is 2. The Morgan fingerprint density at radius 1 is 1.17 bits per heavy atom. The first-order valence-corrected chi connectivity index (χ1v) is 13.6. The van der Waals surface area contributed by atoms with Gasteiger partial charge in [-0.25, -0.2) is 8.78 Å². The average Bonchev–Trinajstić information content (AvgIpc) is 3.21. The minimum Gasteiger partial charge on any atom is -0.482 e. The second-order valence-electron chi connectivity index (χ2n) is 10.3. The topological polar surface area (TPSA) is 115 Å². The standard InChI is InChI=1S/C31H35F3N2O6/c1-6-10-20-26(32)17(4)27(33)28(34)30(20)42-15-24(38)21(14-25(39)40)35-31(41)18(7-2)13-23(37)29-16(3)19-11-8-9-12-22(19)36(29)5/h6,8-12,17-18,21,26H,7,13-15H2,1-5H3,(H,35,41)(H,39,40)/b10-6-/t17?,18?,21-,26?/m0/s1. The number of aliphatic carboxylic acids is 1. The SMILES string of the molecule is C/C=C\C1=C(OCC(=O)[C@H](CC(=O)O)NC(=O)C(CC)CC(=O)c2c(C)c3ccccc3n2C)C(F)=C(F)C(C)C1F. The molecule has 1 amide bonds. The predicted molar refractivity (Wildman–Crippen MR) is 151 cm³/mol. The normalized spacial score (nSPS) is 18.9. The first kappa shape index (κ1) is 32.4. The van der Waals surface area contributed by atoms with E-state index in [4.69, 9.17) is 4.74 Å². The number of para-hydroxylation sites is 1. The van der Waals surface area contributed by atoms with Crippen LogP contribution in [-0.4, -0.2) is 51.9 Å². The summed E-state index contributed by atoms with van der Waals surface area (Å²) in [5.41, 5.74) is 1.76. The Morgan fingerprint density at radius 2 is 1.83 bits per heavy atom. The van der Waals surface area contributed by atoms with Crippen molar-refractivity contribution < 1.29 is 42.2 Å². The van der Waals surface area contributed by atoms with Gasteiger partial charge in [-0.15, -0.1) is 0 Å². The van der Waals surface area contributed by atoms with Crippen LogP contribution in [0.2, 0.25) is 0 Å². The van der Waals surface area contributed by atoms with Crippen LogP contribution in [0.3, 0.4) is 0 Å². The van der Waals surface area contributed by atoms with Gasteiger partial charge in [0.2, 0.25) is 5.91 Å². The first-order chi connectivity index (χ1) is 19.8. The zero-order valence-corrected chi connectivity index (χ0v) is 24.2. The number of allylic oxidation sites excluding steroid dienone is 5. The van der Waals surface area contributed by atoms with Crippen molar-refractivity contribution in [3.8, 4) is 0 Å². The molecule has 226 valence electrons. The van der Waals surface area contributed by atoms with Gasteiger partial charge in [0.15, 0.2) is 23.2 Å². The molecular formula is C31H35F3N2O6. The second kappa shape index (κ2) is 13.7. The number of carboxylic acids is 1. The Bertz CT molecular complexity index is 1450. The Labute approximate surface area is 241 Å². The predicted octanol–water partition coefficient (Wildman–Crippen LogP) is 5.60. The molecule has 8 nitrogen and oxygen atoms in total. The molecule has 3 rings (SSSR count). The fourth-order valence-corrected chi connectivity index (χ4v) is 5.13. The number of halogens is 3. The number of rotatable bonds is 13. The molecule has 0 spiro atoms. The highest BCUT2D eigenvalue weighted by molar-refractivity contribution is 6.04. The lowest BCUT2D eigenvalue weighted by molar-refractivity contribution is -0.141. The number of nitrogens with one attached hydrogen (secondary N) is 1. The summed E-state index contributed by atoms with van der Waals surface area (Å²) in [6.45, 7) is 5.24. The highest BCUT2D eigenvalue weighted by Crippen LogP contribution is 2.39. The molecule has 0 saturated carbocycles. The maximum atomic E-state index is 14.7. The van der Waals surface area contributed by atoms with Gasteiger partial charge in [0.05, 0.1) is 12.1 Å². The van der Waals surface area contributed by atoms with Crippen molar-refractivity contribution in [1.82, 2.24) is 9.88 Å². The third-order valence-corrected chi connectivity index (χ3v) is 7.52. The molecule has 0 saturated heterocycles. The summed E-state index contributed by atoms with van der Waals surface area (Å²) in [5, 5.41) is 12.6. The molecule has 1 aromatic carbocycles. The van der Waals surface area contributed by atoms with E-state index in [1.54, 1.807) is 18.5 Å². The second-order valence-corrected chi connectivity index (χ2v) is 10.3. The summed E-state index contributed by atoms with van der Waals surface area (Å²) in [6, 6.07) is 5.89. The number of carbonyl (C=O) groups is 4. The van der Waals surface area contributed by atoms with Crippen LogP contribution in [-0.2, 0) is 26.2 Å². The first-order valence-electron chi connectivity index (χ1n) is 13.6. The maximum Gasteiger partial charge on any atom is 0.305 e. The molecule has 42 heavy (non-hydrogen) atoms. The van der Waals surface area contributed by atoms with Gasteiger partial charge >= 0.3 is 5.97 Å². The summed E-state index contributed by atoms with van der Waals surface area (Å²) >= 11 is 0. The molecule has 1 aliphatic rings. The van der Waals surface area contributed by atoms with E-state index in [2.05, 4.69) is 5.32 Å². The van der Waals surface area contributed by atoms with Crippen molar-refractivity contribution in [2.24, 2.45) is 18.9 Å². The molecule has 11 heteroatoms. The quantitative estimate of drug-likeness (QED) is 0.295. The highest BCUT2D eigenvalue weighted by atomic mass is 19.2. The monoisotopic (exact) mass is 588 g/mol. The number of benzene rings is 1. The maximum absolute atomic E-state index is 14.7. The van der Waals surface area contributed by atoms with Crippen LogP contribution in [0.4, 0.5) is 13.2 Å². The number of carboxylic acid groups (broad SMARTS) is 1. The number of aromatic nitrogens is 1. The van der Waals surface area contributed by atoms with E-state index < -0.39 is 72.1 Å². The lowest BCUT2D eigenvalue weighted by atomic mass is 9.90. The smallest absolute Gasteiger partial charge is 0.305 e. The van der Waals surface area contributed by atoms with Crippen molar-refractivity contribution in [2.45, 2.75) is 59.2 Å². The van der Waals surface area contributed by atoms with Crippen LogP contribution in [0.5, 0.6) is 0 Å². The van der Waals surface area contributed by atoms with E-state index in [1.165, 1.54) is 26.0 Å². The lowest BCUT2D eigenvalue weighted by Gasteiger charge is -2.26. The van der Waals surface area contributed by atoms with E-state index in [1.807, 2.05) is 31.2 Å². The summed E-state index contributed by atoms with van der Waals surface area (Å²) in [7, 11) is 1.75. The molecule has 2 N–H and O–H groups in total. The molecular weight excluding hydrogens is 553 g/mol. The Hall–Kier alpha value is -4.15. The van der Waals surface area contributed by atoms with Gasteiger partial charge in [-0.05, 0) is 31.9 Å². The van der Waals surface area contributed by atoms with Crippen molar-refractivity contribution >= 4 is 34.3 Å². The minimum absolute atomic E-state index is 0.192. The molecule has 1 aliphatic carbocycles. The number of nitrogens with zero attached hydrogens (tertiary/aromatic N) is 1. The zero-order valence-electron chi connectivity index (χ0n) is 24.2. The van der Waals surface area contributed by atoms with Crippen molar-refractivity contribution in [3.05, 3.63) is 70.7 Å². The fourth-order valence-electron chi connectivity index (χ4n) is 5.13. The molecule has 4 atom stereocenters. The van der Waals surface area contributed by atoms with E-state index >= 15 is 0 Å². The van der Waals surface area contributed by atoms with Crippen LogP contribution in [0.1, 0.15) is 56.1 Å². The van der Waals surface area contributed by atoms with E-state index in [9.17, 15) is 37.5 Å². The number of fused-ring (bicyclic) bond motifs is 1. The number of hydrogen-bond acceptors (Lipinski definition) is 5. The lowest BCUT2D eigenvalue weighted by Crippen LogP contribution is -2.46. The molecule has 0 aliphatic heterocycles. The van der Waals surface area contributed by atoms with Crippen LogP contribution in [0, 0.1) is 18.8 Å². The van der Waals surface area contributed by atoms with Gasteiger partial charge in [0.1, 0.15) is 24.6 Å². The zero-order chi connectivity index (χ0) is 31.3. The summed E-state index contributed by atoms with van der Waals surface area (Å²) < 4.78 is 50.6. The van der Waals surface area contributed by atoms with Crippen LogP contribution < -0.4 is 5.32 Å². The van der Waals surface area contributed by atoms with Crippen LogP contribution in [0.15, 0.2) is 59.4 Å². The van der Waals surface area contributed by atoms with Crippen molar-refractivity contribution in [1.29, 1.82) is 0 Å². The molecule has 1 heterocycles. The summed E-state index contributed by atoms with van der Waals surface area (Å²) in [5.74, 6) is -9.28. The number of ether oxygens (including phenoxy) is 1. The van der Waals surface area contributed by atoms with E-state index in [-0.39, 0.29) is 24.2 Å². The molecule has 3 unspecified atom stereocenters. The fraction of sp³-hybridized carbons (Fsp3) is 0.419. The summed E-state index contributed by atoms with van der Waals surface area (Å²) in [6.07, 6.45) is -0.136. The third-order valence-electron chi connectivity index (χ3n) is 7.52. The number of Topliss-reactive ketones (excluding diaryl/α,β-unsaturated/α-hetero) is 2. The minimum atomic E-state index is -1.94. The van der Waals surface area contributed by atoms with E-state index in [0.717, 1.165) is 16.5 Å². The van der Waals surface area contributed by atoms with Crippen molar-refractivity contribution in [3.63, 3.8) is 0 Å². The molecule has 2 aromatic rings. The van der Waals surface area contributed by atoms with Gasteiger partial charge in [0.25, 0.3) is 0 Å². The van der Waals surface area contributed by atoms with Gasteiger partial charge in [-0.1, -0.05) is 44.2 Å². The number of alkyl halides is 1. The number of amides is 1. The summed E-state index contributed by atoms with van der Waals surface area (Å²) in [4.78, 5) is 50.9. The third kappa shape index (κ3) is 6.66. The van der Waals surface area contributed by atoms with E-state index in [0.29, 0.717) is 5.69 Å². The molecule has 1 aromatic heterocycles. The number of carbonyl (C=O) groups excluding carboxylic acids is 3. The van der Waals surface area contributed by atoms with Gasteiger partial charge in [-0.3, -0.25) is 19.2 Å². The molecule has 0 fully saturated rings. The molecule has 0 bridgehead atoms. The van der Waals surface area contributed by atoms with Gasteiger partial charge < -0.3 is 19.7 Å². The Balaban J connectivity index is 1.77. The Kier molecular flexibility index (Phi) is 10.5. The average molecular weight is 589 g/mol. The van der Waals surface area contributed by atoms with Crippen LogP contribution in [0.25, 0.3) is 10.9 Å². The molecule has 0 radical (unpaired) electrons. The number of hydrogen-bond donors (Lipinski definition) is 2.